The molecule has 0 spiro atoms. The number of benzene rings is 1. The van der Waals surface area contributed by atoms with Gasteiger partial charge in [0.2, 0.25) is 0 Å². The molecule has 1 fully saturated rings. The first-order valence-corrected chi connectivity index (χ1v) is 7.09. The van der Waals surface area contributed by atoms with Crippen molar-refractivity contribution in [2.45, 2.75) is 44.6 Å². The van der Waals surface area contributed by atoms with Crippen molar-refractivity contribution in [2.75, 3.05) is 0 Å². The van der Waals surface area contributed by atoms with Crippen LogP contribution in [-0.2, 0) is 0 Å². The van der Waals surface area contributed by atoms with Gasteiger partial charge in [-0.25, -0.2) is 4.39 Å². The second-order valence-electron chi connectivity index (χ2n) is 5.59. The Morgan fingerprint density at radius 1 is 1.21 bits per heavy atom. The predicted molar refractivity (Wildman–Crippen MR) is 72.3 cm³/mol. The van der Waals surface area contributed by atoms with Crippen LogP contribution in [0.2, 0.25) is 0 Å². The number of hydrogen-bond acceptors (Lipinski definition) is 2. The smallest absolute Gasteiger partial charge is 0.134 e. The third-order valence-electron chi connectivity index (χ3n) is 4.11. The maximum absolute atomic E-state index is 13.1. The van der Waals surface area contributed by atoms with Crippen LogP contribution in [0.3, 0.4) is 0 Å². The number of furan rings is 1. The van der Waals surface area contributed by atoms with Gasteiger partial charge in [0.05, 0.1) is 0 Å². The SMILES string of the molecule is OC(CC1CCCCC1)c1cc2cc(F)ccc2o1. The Bertz CT molecular complexity index is 555. The molecule has 0 bridgehead atoms. The molecule has 2 aromatic rings. The molecule has 102 valence electrons. The van der Waals surface area contributed by atoms with E-state index in [-0.39, 0.29) is 5.82 Å². The summed E-state index contributed by atoms with van der Waals surface area (Å²) in [5.74, 6) is 0.876. The van der Waals surface area contributed by atoms with Crippen molar-refractivity contribution in [3.8, 4) is 0 Å². The zero-order chi connectivity index (χ0) is 13.2. The largest absolute Gasteiger partial charge is 0.458 e. The average molecular weight is 262 g/mol. The minimum Gasteiger partial charge on any atom is -0.458 e. The van der Waals surface area contributed by atoms with Crippen molar-refractivity contribution in [2.24, 2.45) is 5.92 Å². The molecular weight excluding hydrogens is 243 g/mol. The summed E-state index contributed by atoms with van der Waals surface area (Å²) in [5, 5.41) is 11.0. The van der Waals surface area contributed by atoms with Crippen molar-refractivity contribution >= 4 is 11.0 Å². The van der Waals surface area contributed by atoms with E-state index < -0.39 is 6.10 Å². The first kappa shape index (κ1) is 12.7. The zero-order valence-electron chi connectivity index (χ0n) is 10.9. The molecule has 1 unspecified atom stereocenters. The summed E-state index contributed by atoms with van der Waals surface area (Å²) < 4.78 is 18.7. The van der Waals surface area contributed by atoms with Crippen LogP contribution in [-0.4, -0.2) is 5.11 Å². The van der Waals surface area contributed by atoms with E-state index in [0.29, 0.717) is 17.3 Å². The monoisotopic (exact) mass is 262 g/mol. The minimum atomic E-state index is -0.571. The molecule has 1 saturated carbocycles. The van der Waals surface area contributed by atoms with Crippen molar-refractivity contribution in [1.82, 2.24) is 0 Å². The minimum absolute atomic E-state index is 0.276. The summed E-state index contributed by atoms with van der Waals surface area (Å²) in [6.07, 6.45) is 6.43. The van der Waals surface area contributed by atoms with Crippen molar-refractivity contribution in [1.29, 1.82) is 0 Å². The molecule has 0 radical (unpaired) electrons. The number of rotatable bonds is 3. The Balaban J connectivity index is 1.75. The number of aliphatic hydroxyl groups excluding tert-OH is 1. The Morgan fingerprint density at radius 3 is 2.79 bits per heavy atom. The van der Waals surface area contributed by atoms with E-state index in [0.717, 1.165) is 11.8 Å². The molecule has 2 nitrogen and oxygen atoms in total. The van der Waals surface area contributed by atoms with Gasteiger partial charge in [-0.1, -0.05) is 32.1 Å². The van der Waals surface area contributed by atoms with Crippen molar-refractivity contribution in [3.05, 3.63) is 35.8 Å². The highest BCUT2D eigenvalue weighted by molar-refractivity contribution is 5.77. The summed E-state index contributed by atoms with van der Waals surface area (Å²) in [7, 11) is 0. The number of hydrogen-bond donors (Lipinski definition) is 1. The molecule has 1 aliphatic rings. The highest BCUT2D eigenvalue weighted by Gasteiger charge is 2.21. The van der Waals surface area contributed by atoms with Crippen LogP contribution in [0.1, 0.15) is 50.4 Å². The molecule has 0 saturated heterocycles. The Labute approximate surface area is 112 Å². The van der Waals surface area contributed by atoms with Crippen molar-refractivity contribution < 1.29 is 13.9 Å². The summed E-state index contributed by atoms with van der Waals surface area (Å²) >= 11 is 0. The lowest BCUT2D eigenvalue weighted by Gasteiger charge is -2.23. The van der Waals surface area contributed by atoms with Gasteiger partial charge >= 0.3 is 0 Å². The summed E-state index contributed by atoms with van der Waals surface area (Å²) in [6.45, 7) is 0. The lowest BCUT2D eigenvalue weighted by molar-refractivity contribution is 0.111. The van der Waals surface area contributed by atoms with Crippen LogP contribution in [0, 0.1) is 11.7 Å². The van der Waals surface area contributed by atoms with Crippen LogP contribution >= 0.6 is 0 Å². The van der Waals surface area contributed by atoms with Crippen LogP contribution in [0.25, 0.3) is 11.0 Å². The van der Waals surface area contributed by atoms with Gasteiger partial charge in [-0.2, -0.15) is 0 Å². The third-order valence-corrected chi connectivity index (χ3v) is 4.11. The molecule has 1 aliphatic carbocycles. The number of aliphatic hydroxyl groups is 1. The van der Waals surface area contributed by atoms with E-state index in [2.05, 4.69) is 0 Å². The van der Waals surface area contributed by atoms with Gasteiger partial charge in [0, 0.05) is 5.39 Å². The van der Waals surface area contributed by atoms with Gasteiger partial charge in [-0.3, -0.25) is 0 Å². The first-order chi connectivity index (χ1) is 9.22. The summed E-state index contributed by atoms with van der Waals surface area (Å²) in [5.41, 5.74) is 0.638. The summed E-state index contributed by atoms with van der Waals surface area (Å²) in [6, 6.07) is 6.19. The number of halogens is 1. The maximum Gasteiger partial charge on any atom is 0.134 e. The van der Waals surface area contributed by atoms with Gasteiger partial charge < -0.3 is 9.52 Å². The molecule has 3 rings (SSSR count). The second-order valence-corrected chi connectivity index (χ2v) is 5.59. The quantitative estimate of drug-likeness (QED) is 0.878. The molecule has 1 N–H and O–H groups in total. The molecular formula is C16H19FO2. The fourth-order valence-corrected chi connectivity index (χ4v) is 3.05. The Kier molecular flexibility index (Phi) is 3.56. The molecule has 1 aromatic carbocycles. The van der Waals surface area contributed by atoms with Gasteiger partial charge in [-0.15, -0.1) is 0 Å². The average Bonchev–Trinajstić information content (AvgIpc) is 2.83. The molecule has 1 atom stereocenters. The van der Waals surface area contributed by atoms with Crippen LogP contribution in [0.4, 0.5) is 4.39 Å². The Hall–Kier alpha value is -1.35. The highest BCUT2D eigenvalue weighted by Crippen LogP contribution is 2.33. The maximum atomic E-state index is 13.1. The second kappa shape index (κ2) is 5.33. The highest BCUT2D eigenvalue weighted by atomic mass is 19.1. The molecule has 1 aromatic heterocycles. The van der Waals surface area contributed by atoms with E-state index in [1.165, 1.54) is 44.2 Å². The number of fused-ring (bicyclic) bond motifs is 1. The predicted octanol–water partition coefficient (Wildman–Crippen LogP) is 4.58. The molecule has 19 heavy (non-hydrogen) atoms. The van der Waals surface area contributed by atoms with E-state index >= 15 is 0 Å². The first-order valence-electron chi connectivity index (χ1n) is 7.09. The van der Waals surface area contributed by atoms with Crippen molar-refractivity contribution in [3.63, 3.8) is 0 Å². The molecule has 1 heterocycles. The van der Waals surface area contributed by atoms with E-state index in [1.54, 1.807) is 12.1 Å². The van der Waals surface area contributed by atoms with E-state index in [9.17, 15) is 9.50 Å². The van der Waals surface area contributed by atoms with Gasteiger partial charge in [0.1, 0.15) is 23.3 Å². The lowest BCUT2D eigenvalue weighted by atomic mass is 9.85. The fourth-order valence-electron chi connectivity index (χ4n) is 3.05. The molecule has 0 amide bonds. The van der Waals surface area contributed by atoms with Crippen LogP contribution in [0.15, 0.2) is 28.7 Å². The van der Waals surface area contributed by atoms with Crippen LogP contribution in [0.5, 0.6) is 0 Å². The fraction of sp³-hybridized carbons (Fsp3) is 0.500. The van der Waals surface area contributed by atoms with Gasteiger partial charge in [0.15, 0.2) is 0 Å². The lowest BCUT2D eigenvalue weighted by Crippen LogP contribution is -2.10. The zero-order valence-corrected chi connectivity index (χ0v) is 10.9. The van der Waals surface area contributed by atoms with Crippen LogP contribution < -0.4 is 0 Å². The third kappa shape index (κ3) is 2.81. The van der Waals surface area contributed by atoms with E-state index in [4.69, 9.17) is 4.42 Å². The normalized spacial score (nSPS) is 18.8. The standard InChI is InChI=1S/C16H19FO2/c17-13-6-7-15-12(9-13)10-16(19-15)14(18)8-11-4-2-1-3-5-11/h6-7,9-11,14,18H,1-5,8H2. The van der Waals surface area contributed by atoms with Gasteiger partial charge in [-0.05, 0) is 36.6 Å². The molecule has 0 aliphatic heterocycles. The topological polar surface area (TPSA) is 33.4 Å². The Morgan fingerprint density at radius 2 is 2.00 bits per heavy atom. The summed E-state index contributed by atoms with van der Waals surface area (Å²) in [4.78, 5) is 0. The van der Waals surface area contributed by atoms with Gasteiger partial charge in [0.25, 0.3) is 0 Å². The molecule has 3 heteroatoms. The van der Waals surface area contributed by atoms with E-state index in [1.807, 2.05) is 0 Å².